The number of allylic oxidation sites excluding steroid dienone is 2. The number of hydrogen-bond donors (Lipinski definition) is 2. The molecule has 2 heteroatoms. The van der Waals surface area contributed by atoms with Crippen LogP contribution in [0.15, 0.2) is 12.2 Å². The second-order valence-corrected chi connectivity index (χ2v) is 4.37. The molecule has 0 aromatic heterocycles. The Bertz CT molecular complexity index is 158. The molecule has 0 radical (unpaired) electrons. The molecule has 2 aliphatic carbocycles. The van der Waals surface area contributed by atoms with Crippen molar-refractivity contribution < 1.29 is 0 Å². The number of thiol groups is 2. The third-order valence-corrected chi connectivity index (χ3v) is 4.06. The summed E-state index contributed by atoms with van der Waals surface area (Å²) in [4.78, 5) is 0. The molecule has 2 rings (SSSR count). The van der Waals surface area contributed by atoms with E-state index in [1.165, 1.54) is 6.42 Å². The lowest BCUT2D eigenvalue weighted by molar-refractivity contribution is 0.379. The van der Waals surface area contributed by atoms with E-state index in [4.69, 9.17) is 0 Å². The van der Waals surface area contributed by atoms with E-state index in [9.17, 15) is 0 Å². The van der Waals surface area contributed by atoms with Gasteiger partial charge in [-0.05, 0) is 41.6 Å². The van der Waals surface area contributed by atoms with Crippen LogP contribution in [0.3, 0.4) is 0 Å². The van der Waals surface area contributed by atoms with E-state index in [0.29, 0.717) is 0 Å². The Hall–Kier alpha value is 0.440. The van der Waals surface area contributed by atoms with Crippen molar-refractivity contribution in [2.75, 3.05) is 11.5 Å². The highest BCUT2D eigenvalue weighted by Gasteiger charge is 2.42. The van der Waals surface area contributed by atoms with Gasteiger partial charge in [-0.2, -0.15) is 25.3 Å². The van der Waals surface area contributed by atoms with E-state index in [2.05, 4.69) is 37.4 Å². The summed E-state index contributed by atoms with van der Waals surface area (Å²) in [5.41, 5.74) is 0. The molecule has 11 heavy (non-hydrogen) atoms. The molecule has 0 aliphatic heterocycles. The molecule has 0 heterocycles. The van der Waals surface area contributed by atoms with Gasteiger partial charge in [-0.3, -0.25) is 0 Å². The van der Waals surface area contributed by atoms with E-state index in [1.54, 1.807) is 0 Å². The van der Waals surface area contributed by atoms with Gasteiger partial charge in [-0.1, -0.05) is 12.2 Å². The van der Waals surface area contributed by atoms with Crippen LogP contribution in [0.2, 0.25) is 0 Å². The van der Waals surface area contributed by atoms with Gasteiger partial charge in [-0.25, -0.2) is 0 Å². The minimum absolute atomic E-state index is 0.811. The van der Waals surface area contributed by atoms with Crippen molar-refractivity contribution in [3.8, 4) is 0 Å². The third-order valence-electron chi connectivity index (χ3n) is 3.22. The van der Waals surface area contributed by atoms with Gasteiger partial charge in [0.2, 0.25) is 0 Å². The van der Waals surface area contributed by atoms with Crippen molar-refractivity contribution in [3.63, 3.8) is 0 Å². The molecule has 0 nitrogen and oxygen atoms in total. The summed E-state index contributed by atoms with van der Waals surface area (Å²) >= 11 is 8.79. The van der Waals surface area contributed by atoms with Gasteiger partial charge in [0.25, 0.3) is 0 Å². The first-order valence-electron chi connectivity index (χ1n) is 4.27. The van der Waals surface area contributed by atoms with Crippen molar-refractivity contribution in [2.45, 2.75) is 6.42 Å². The molecule has 2 bridgehead atoms. The van der Waals surface area contributed by atoms with Crippen LogP contribution < -0.4 is 0 Å². The minimum atomic E-state index is 0.811. The first-order valence-corrected chi connectivity index (χ1v) is 5.53. The first kappa shape index (κ1) is 8.06. The van der Waals surface area contributed by atoms with Gasteiger partial charge >= 0.3 is 0 Å². The molecule has 0 amide bonds. The van der Waals surface area contributed by atoms with Crippen LogP contribution in [-0.2, 0) is 0 Å². The lowest BCUT2D eigenvalue weighted by Crippen LogP contribution is -2.22. The summed E-state index contributed by atoms with van der Waals surface area (Å²) < 4.78 is 0. The van der Waals surface area contributed by atoms with E-state index >= 15 is 0 Å². The summed E-state index contributed by atoms with van der Waals surface area (Å²) in [5, 5.41) is 0. The summed E-state index contributed by atoms with van der Waals surface area (Å²) in [6.07, 6.45) is 6.13. The fourth-order valence-electron chi connectivity index (χ4n) is 2.57. The molecule has 2 aliphatic rings. The molecule has 1 saturated carbocycles. The number of rotatable bonds is 2. The summed E-state index contributed by atoms with van der Waals surface area (Å²) in [5.74, 6) is 5.36. The zero-order chi connectivity index (χ0) is 7.84. The molecular formula is C9H14S2. The van der Waals surface area contributed by atoms with Crippen LogP contribution in [-0.4, -0.2) is 11.5 Å². The molecular weight excluding hydrogens is 172 g/mol. The molecule has 0 N–H and O–H groups in total. The van der Waals surface area contributed by atoms with Crippen molar-refractivity contribution in [1.29, 1.82) is 0 Å². The van der Waals surface area contributed by atoms with Gasteiger partial charge < -0.3 is 0 Å². The summed E-state index contributed by atoms with van der Waals surface area (Å²) in [6, 6.07) is 0. The van der Waals surface area contributed by atoms with E-state index < -0.39 is 0 Å². The summed E-state index contributed by atoms with van der Waals surface area (Å²) in [7, 11) is 0. The van der Waals surface area contributed by atoms with E-state index in [0.717, 1.165) is 35.2 Å². The largest absolute Gasteiger partial charge is 0.179 e. The Kier molecular flexibility index (Phi) is 2.24. The topological polar surface area (TPSA) is 0 Å². The SMILES string of the molecule is SCC1C2C=CC(C2)C1CS. The lowest BCUT2D eigenvalue weighted by Gasteiger charge is -2.24. The van der Waals surface area contributed by atoms with Crippen molar-refractivity contribution in [3.05, 3.63) is 12.2 Å². The zero-order valence-electron chi connectivity index (χ0n) is 6.48. The van der Waals surface area contributed by atoms with Crippen LogP contribution in [0, 0.1) is 23.7 Å². The second kappa shape index (κ2) is 3.06. The highest BCUT2D eigenvalue weighted by molar-refractivity contribution is 7.80. The van der Waals surface area contributed by atoms with Crippen molar-refractivity contribution in [1.82, 2.24) is 0 Å². The molecule has 1 fully saturated rings. The molecule has 62 valence electrons. The van der Waals surface area contributed by atoms with Crippen LogP contribution in [0.25, 0.3) is 0 Å². The average Bonchev–Trinajstić information content (AvgIpc) is 2.60. The predicted octanol–water partition coefficient (Wildman–Crippen LogP) is 2.28. The minimum Gasteiger partial charge on any atom is -0.179 e. The van der Waals surface area contributed by atoms with Gasteiger partial charge in [-0.15, -0.1) is 0 Å². The predicted molar refractivity (Wildman–Crippen MR) is 55.4 cm³/mol. The van der Waals surface area contributed by atoms with Crippen LogP contribution in [0.1, 0.15) is 6.42 Å². The molecule has 0 spiro atoms. The summed E-state index contributed by atoms with van der Waals surface area (Å²) in [6.45, 7) is 0. The van der Waals surface area contributed by atoms with Gasteiger partial charge in [0, 0.05) is 0 Å². The average molecular weight is 186 g/mol. The standard InChI is InChI=1S/C9H14S2/c10-4-8-6-1-2-7(3-6)9(8)5-11/h1-2,6-11H,3-5H2. The van der Waals surface area contributed by atoms with Crippen LogP contribution >= 0.6 is 25.3 Å². The van der Waals surface area contributed by atoms with Crippen LogP contribution in [0.4, 0.5) is 0 Å². The van der Waals surface area contributed by atoms with Gasteiger partial charge in [0.1, 0.15) is 0 Å². The Morgan fingerprint density at radius 3 is 1.82 bits per heavy atom. The zero-order valence-corrected chi connectivity index (χ0v) is 8.27. The smallest absolute Gasteiger partial charge is 0.00607 e. The Labute approximate surface area is 79.3 Å². The quantitative estimate of drug-likeness (QED) is 0.480. The maximum atomic E-state index is 4.39. The second-order valence-electron chi connectivity index (χ2n) is 3.64. The first-order chi connectivity index (χ1) is 5.36. The number of fused-ring (bicyclic) bond motifs is 2. The lowest BCUT2D eigenvalue weighted by atomic mass is 9.86. The molecule has 0 aromatic carbocycles. The number of hydrogen-bond acceptors (Lipinski definition) is 2. The Morgan fingerprint density at radius 1 is 1.00 bits per heavy atom. The Morgan fingerprint density at radius 2 is 1.45 bits per heavy atom. The highest BCUT2D eigenvalue weighted by Crippen LogP contribution is 2.48. The van der Waals surface area contributed by atoms with Crippen molar-refractivity contribution >= 4 is 25.3 Å². The molecule has 0 aromatic rings. The van der Waals surface area contributed by atoms with E-state index in [-0.39, 0.29) is 0 Å². The van der Waals surface area contributed by atoms with Gasteiger partial charge in [0.05, 0.1) is 0 Å². The molecule has 0 saturated heterocycles. The van der Waals surface area contributed by atoms with Crippen LogP contribution in [0.5, 0.6) is 0 Å². The maximum Gasteiger partial charge on any atom is -0.00607 e. The fourth-order valence-corrected chi connectivity index (χ4v) is 3.65. The molecule has 4 atom stereocenters. The maximum absolute atomic E-state index is 4.39. The fraction of sp³-hybridized carbons (Fsp3) is 0.778. The Balaban J connectivity index is 2.15. The van der Waals surface area contributed by atoms with Gasteiger partial charge in [0.15, 0.2) is 0 Å². The highest BCUT2D eigenvalue weighted by atomic mass is 32.1. The third kappa shape index (κ3) is 1.15. The normalized spacial score (nSPS) is 47.1. The monoisotopic (exact) mass is 186 g/mol. The van der Waals surface area contributed by atoms with Crippen molar-refractivity contribution in [2.24, 2.45) is 23.7 Å². The molecule has 4 unspecified atom stereocenters. The van der Waals surface area contributed by atoms with E-state index in [1.807, 2.05) is 0 Å².